The highest BCUT2D eigenvalue weighted by molar-refractivity contribution is 6.18. The number of aryl methyl sites for hydroxylation is 1. The Bertz CT molecular complexity index is 423. The lowest BCUT2D eigenvalue weighted by atomic mass is 10.2. The van der Waals surface area contributed by atoms with Crippen LogP contribution in [0.2, 0.25) is 0 Å². The molecule has 0 aromatic heterocycles. The zero-order valence-electron chi connectivity index (χ0n) is 9.44. The van der Waals surface area contributed by atoms with E-state index in [-0.39, 0.29) is 12.4 Å². The minimum absolute atomic E-state index is 0.0780. The van der Waals surface area contributed by atoms with E-state index in [0.717, 1.165) is 10.5 Å². The van der Waals surface area contributed by atoms with Gasteiger partial charge in [0.25, 0.3) is 0 Å². The van der Waals surface area contributed by atoms with Gasteiger partial charge in [0.2, 0.25) is 0 Å². The van der Waals surface area contributed by atoms with Crippen molar-refractivity contribution in [3.63, 3.8) is 0 Å². The van der Waals surface area contributed by atoms with Gasteiger partial charge in [-0.05, 0) is 18.6 Å². The second kappa shape index (κ2) is 6.10. The van der Waals surface area contributed by atoms with Crippen LogP contribution in [0.3, 0.4) is 0 Å². The molecule has 0 saturated carbocycles. The van der Waals surface area contributed by atoms with Crippen LogP contribution in [0.1, 0.15) is 5.56 Å². The van der Waals surface area contributed by atoms with Gasteiger partial charge in [0.1, 0.15) is 0 Å². The second-order valence-electron chi connectivity index (χ2n) is 3.42. The van der Waals surface area contributed by atoms with Crippen molar-refractivity contribution in [3.05, 3.63) is 29.8 Å². The van der Waals surface area contributed by atoms with Gasteiger partial charge in [-0.15, -0.1) is 11.6 Å². The summed E-state index contributed by atoms with van der Waals surface area (Å²) in [6.07, 6.45) is 0. The molecule has 0 unspecified atom stereocenters. The van der Waals surface area contributed by atoms with Crippen LogP contribution in [0.5, 0.6) is 0 Å². The van der Waals surface area contributed by atoms with E-state index in [0.29, 0.717) is 5.69 Å². The number of para-hydroxylation sites is 1. The quantitative estimate of drug-likeness (QED) is 0.812. The number of carbonyl (C=O) groups excluding carboxylic acids is 2. The monoisotopic (exact) mass is 255 g/mol. The van der Waals surface area contributed by atoms with Crippen LogP contribution in [-0.2, 0) is 0 Å². The SMILES string of the molecule is Cc1ccccc1NC(=O)N(CCCl)C(N)=O. The molecule has 92 valence electrons. The molecule has 0 saturated heterocycles. The van der Waals surface area contributed by atoms with Gasteiger partial charge < -0.3 is 11.1 Å². The molecule has 3 N–H and O–H groups in total. The minimum atomic E-state index is -0.822. The van der Waals surface area contributed by atoms with E-state index in [1.165, 1.54) is 0 Å². The number of imide groups is 1. The van der Waals surface area contributed by atoms with E-state index < -0.39 is 12.1 Å². The fourth-order valence-electron chi connectivity index (χ4n) is 1.29. The molecule has 0 fully saturated rings. The number of anilines is 1. The largest absolute Gasteiger partial charge is 0.351 e. The summed E-state index contributed by atoms with van der Waals surface area (Å²) >= 11 is 5.49. The third kappa shape index (κ3) is 3.64. The molecule has 0 aliphatic rings. The average molecular weight is 256 g/mol. The van der Waals surface area contributed by atoms with E-state index in [1.54, 1.807) is 12.1 Å². The number of rotatable bonds is 3. The summed E-state index contributed by atoms with van der Waals surface area (Å²) in [5.74, 6) is 0.143. The van der Waals surface area contributed by atoms with Crippen LogP contribution < -0.4 is 11.1 Å². The van der Waals surface area contributed by atoms with Crippen LogP contribution in [0, 0.1) is 6.92 Å². The Balaban J connectivity index is 2.77. The third-order valence-corrected chi connectivity index (χ3v) is 2.38. The van der Waals surface area contributed by atoms with Crippen LogP contribution in [0.25, 0.3) is 0 Å². The van der Waals surface area contributed by atoms with E-state index >= 15 is 0 Å². The number of benzene rings is 1. The maximum absolute atomic E-state index is 11.8. The Labute approximate surface area is 105 Å². The van der Waals surface area contributed by atoms with Crippen molar-refractivity contribution in [1.82, 2.24) is 4.90 Å². The lowest BCUT2D eigenvalue weighted by Gasteiger charge is -2.18. The van der Waals surface area contributed by atoms with Crippen molar-refractivity contribution in [2.24, 2.45) is 5.73 Å². The average Bonchev–Trinajstić information content (AvgIpc) is 2.28. The van der Waals surface area contributed by atoms with Crippen LogP contribution in [0.15, 0.2) is 24.3 Å². The molecular formula is C11H14ClN3O2. The van der Waals surface area contributed by atoms with Gasteiger partial charge in [0, 0.05) is 18.1 Å². The molecule has 0 heterocycles. The molecule has 0 aliphatic carbocycles. The lowest BCUT2D eigenvalue weighted by molar-refractivity contribution is 0.202. The summed E-state index contributed by atoms with van der Waals surface area (Å²) in [5, 5.41) is 2.60. The van der Waals surface area contributed by atoms with E-state index in [4.69, 9.17) is 17.3 Å². The predicted octanol–water partition coefficient (Wildman–Crippen LogP) is 2.15. The molecule has 6 heteroatoms. The molecule has 1 rings (SSSR count). The Morgan fingerprint density at radius 3 is 2.59 bits per heavy atom. The minimum Gasteiger partial charge on any atom is -0.351 e. The highest BCUT2D eigenvalue weighted by Gasteiger charge is 2.18. The first kappa shape index (κ1) is 13.3. The number of hydrogen-bond acceptors (Lipinski definition) is 2. The number of nitrogens with two attached hydrogens (primary N) is 1. The van der Waals surface area contributed by atoms with E-state index in [1.807, 2.05) is 19.1 Å². The molecule has 17 heavy (non-hydrogen) atoms. The molecule has 0 bridgehead atoms. The molecule has 0 spiro atoms. The number of halogens is 1. The zero-order valence-corrected chi connectivity index (χ0v) is 10.2. The van der Waals surface area contributed by atoms with Crippen LogP contribution >= 0.6 is 11.6 Å². The number of hydrogen-bond donors (Lipinski definition) is 2. The number of amides is 4. The molecular weight excluding hydrogens is 242 g/mol. The number of nitrogens with zero attached hydrogens (tertiary/aromatic N) is 1. The first-order valence-corrected chi connectivity index (χ1v) is 5.59. The normalized spacial score (nSPS) is 9.76. The summed E-state index contributed by atoms with van der Waals surface area (Å²) in [7, 11) is 0. The smallest absolute Gasteiger partial charge is 0.330 e. The molecule has 4 amide bonds. The highest BCUT2D eigenvalue weighted by atomic mass is 35.5. The van der Waals surface area contributed by atoms with Crippen LogP contribution in [0.4, 0.5) is 15.3 Å². The molecule has 0 atom stereocenters. The Morgan fingerprint density at radius 1 is 1.41 bits per heavy atom. The molecule has 1 aromatic carbocycles. The maximum atomic E-state index is 11.8. The van der Waals surface area contributed by atoms with Gasteiger partial charge in [-0.3, -0.25) is 0 Å². The Kier molecular flexibility index (Phi) is 4.78. The number of nitrogens with one attached hydrogen (secondary N) is 1. The van der Waals surface area contributed by atoms with E-state index in [2.05, 4.69) is 5.32 Å². The maximum Gasteiger partial charge on any atom is 0.330 e. The Morgan fingerprint density at radius 2 is 2.06 bits per heavy atom. The number of alkyl halides is 1. The standard InChI is InChI=1S/C11H14ClN3O2/c1-8-4-2-3-5-9(8)14-11(17)15(7-6-12)10(13)16/h2-5H,6-7H2,1H3,(H2,13,16)(H,14,17). The van der Waals surface area contributed by atoms with Crippen molar-refractivity contribution in [2.75, 3.05) is 17.7 Å². The van der Waals surface area contributed by atoms with Crippen molar-refractivity contribution < 1.29 is 9.59 Å². The molecule has 0 aliphatic heterocycles. The van der Waals surface area contributed by atoms with Crippen molar-refractivity contribution >= 4 is 29.4 Å². The van der Waals surface area contributed by atoms with Crippen molar-refractivity contribution in [3.8, 4) is 0 Å². The van der Waals surface area contributed by atoms with Gasteiger partial charge in [0.05, 0.1) is 0 Å². The first-order valence-electron chi connectivity index (χ1n) is 5.05. The van der Waals surface area contributed by atoms with Crippen LogP contribution in [-0.4, -0.2) is 29.4 Å². The van der Waals surface area contributed by atoms with Gasteiger partial charge in [-0.1, -0.05) is 18.2 Å². The van der Waals surface area contributed by atoms with Crippen molar-refractivity contribution in [2.45, 2.75) is 6.92 Å². The zero-order chi connectivity index (χ0) is 12.8. The number of primary amides is 1. The summed E-state index contributed by atoms with van der Waals surface area (Å²) in [4.78, 5) is 23.6. The number of carbonyl (C=O) groups is 2. The third-order valence-electron chi connectivity index (χ3n) is 2.21. The second-order valence-corrected chi connectivity index (χ2v) is 3.80. The van der Waals surface area contributed by atoms with Gasteiger partial charge in [0.15, 0.2) is 0 Å². The highest BCUT2D eigenvalue weighted by Crippen LogP contribution is 2.13. The predicted molar refractivity (Wildman–Crippen MR) is 67.2 cm³/mol. The fraction of sp³-hybridized carbons (Fsp3) is 0.273. The summed E-state index contributed by atoms with van der Waals surface area (Å²) in [6, 6.07) is 5.84. The molecule has 5 nitrogen and oxygen atoms in total. The lowest BCUT2D eigenvalue weighted by Crippen LogP contribution is -2.44. The van der Waals surface area contributed by atoms with Gasteiger partial charge >= 0.3 is 12.1 Å². The first-order chi connectivity index (χ1) is 8.06. The molecule has 0 radical (unpaired) electrons. The van der Waals surface area contributed by atoms with Gasteiger partial charge in [-0.25, -0.2) is 14.5 Å². The topological polar surface area (TPSA) is 75.4 Å². The summed E-state index contributed by atoms with van der Waals surface area (Å²) in [5.41, 5.74) is 6.62. The molecule has 1 aromatic rings. The summed E-state index contributed by atoms with van der Waals surface area (Å²) < 4.78 is 0. The Hall–Kier alpha value is -1.75. The number of urea groups is 2. The van der Waals surface area contributed by atoms with Crippen molar-refractivity contribution in [1.29, 1.82) is 0 Å². The fourth-order valence-corrected chi connectivity index (χ4v) is 1.46. The summed E-state index contributed by atoms with van der Waals surface area (Å²) in [6.45, 7) is 1.93. The van der Waals surface area contributed by atoms with E-state index in [9.17, 15) is 9.59 Å². The van der Waals surface area contributed by atoms with Gasteiger partial charge in [-0.2, -0.15) is 0 Å².